The van der Waals surface area contributed by atoms with Crippen LogP contribution < -0.4 is 5.32 Å². The van der Waals surface area contributed by atoms with E-state index in [1.807, 2.05) is 0 Å². The zero-order chi connectivity index (χ0) is 11.7. The van der Waals surface area contributed by atoms with Crippen molar-refractivity contribution in [3.63, 3.8) is 0 Å². The van der Waals surface area contributed by atoms with Crippen LogP contribution in [0.25, 0.3) is 0 Å². The van der Waals surface area contributed by atoms with Gasteiger partial charge in [0.15, 0.2) is 0 Å². The summed E-state index contributed by atoms with van der Waals surface area (Å²) in [6.45, 7) is 5.55. The third-order valence-electron chi connectivity index (χ3n) is 5.42. The van der Waals surface area contributed by atoms with Crippen molar-refractivity contribution >= 4 is 0 Å². The second kappa shape index (κ2) is 5.27. The predicted molar refractivity (Wildman–Crippen MR) is 69.9 cm³/mol. The van der Waals surface area contributed by atoms with Crippen LogP contribution in [0.3, 0.4) is 0 Å². The molecule has 0 amide bonds. The Kier molecular flexibility index (Phi) is 3.72. The molecule has 2 saturated carbocycles. The molecule has 0 radical (unpaired) electrons. The van der Waals surface area contributed by atoms with Crippen LogP contribution in [0.4, 0.5) is 0 Å². The van der Waals surface area contributed by atoms with Crippen LogP contribution in [0.15, 0.2) is 0 Å². The fourth-order valence-corrected chi connectivity index (χ4v) is 4.38. The fourth-order valence-electron chi connectivity index (χ4n) is 4.38. The molecule has 0 aromatic heterocycles. The van der Waals surface area contributed by atoms with E-state index in [1.165, 1.54) is 45.1 Å². The summed E-state index contributed by atoms with van der Waals surface area (Å²) in [5.74, 6) is 3.86. The summed E-state index contributed by atoms with van der Waals surface area (Å²) in [6.07, 6.45) is 8.67. The molecule has 17 heavy (non-hydrogen) atoms. The molecular formula is C15H27NO. The average Bonchev–Trinajstić information content (AvgIpc) is 2.99. The van der Waals surface area contributed by atoms with Crippen molar-refractivity contribution in [3.8, 4) is 0 Å². The zero-order valence-electron chi connectivity index (χ0n) is 11.2. The SMILES string of the molecule is CC(NCC1CCCOC1)C1CC2CCC1C2. The molecule has 3 aliphatic rings. The van der Waals surface area contributed by atoms with Gasteiger partial charge in [-0.15, -0.1) is 0 Å². The summed E-state index contributed by atoms with van der Waals surface area (Å²) in [7, 11) is 0. The molecule has 98 valence electrons. The van der Waals surface area contributed by atoms with E-state index in [0.717, 1.165) is 42.9 Å². The van der Waals surface area contributed by atoms with Gasteiger partial charge in [-0.3, -0.25) is 0 Å². The van der Waals surface area contributed by atoms with Crippen molar-refractivity contribution in [1.29, 1.82) is 0 Å². The van der Waals surface area contributed by atoms with Gasteiger partial charge in [-0.25, -0.2) is 0 Å². The van der Waals surface area contributed by atoms with E-state index < -0.39 is 0 Å². The van der Waals surface area contributed by atoms with E-state index in [0.29, 0.717) is 0 Å². The van der Waals surface area contributed by atoms with E-state index >= 15 is 0 Å². The number of rotatable bonds is 4. The van der Waals surface area contributed by atoms with E-state index in [-0.39, 0.29) is 0 Å². The van der Waals surface area contributed by atoms with Gasteiger partial charge in [-0.05, 0) is 62.7 Å². The molecule has 2 nitrogen and oxygen atoms in total. The first-order chi connectivity index (χ1) is 8.33. The third-order valence-corrected chi connectivity index (χ3v) is 5.42. The minimum Gasteiger partial charge on any atom is -0.381 e. The summed E-state index contributed by atoms with van der Waals surface area (Å²) in [6, 6.07) is 0.729. The highest BCUT2D eigenvalue weighted by Gasteiger charge is 2.41. The molecule has 0 spiro atoms. The van der Waals surface area contributed by atoms with Crippen LogP contribution in [0, 0.1) is 23.7 Å². The van der Waals surface area contributed by atoms with E-state index in [1.54, 1.807) is 0 Å². The summed E-state index contributed by atoms with van der Waals surface area (Å²) >= 11 is 0. The van der Waals surface area contributed by atoms with Crippen LogP contribution in [0.2, 0.25) is 0 Å². The van der Waals surface area contributed by atoms with Gasteiger partial charge in [0.1, 0.15) is 0 Å². The Balaban J connectivity index is 1.42. The molecule has 0 aromatic carbocycles. The first-order valence-electron chi connectivity index (χ1n) is 7.64. The second-order valence-corrected chi connectivity index (χ2v) is 6.62. The Bertz CT molecular complexity index is 249. The predicted octanol–water partition coefficient (Wildman–Crippen LogP) is 2.83. The van der Waals surface area contributed by atoms with Gasteiger partial charge in [0.05, 0.1) is 6.61 Å². The van der Waals surface area contributed by atoms with Crippen molar-refractivity contribution in [1.82, 2.24) is 5.32 Å². The molecule has 2 heteroatoms. The maximum Gasteiger partial charge on any atom is 0.0506 e. The molecule has 3 fully saturated rings. The number of nitrogens with one attached hydrogen (secondary N) is 1. The molecule has 5 unspecified atom stereocenters. The summed E-state index contributed by atoms with van der Waals surface area (Å²) < 4.78 is 5.55. The Labute approximate surface area is 105 Å². The maximum atomic E-state index is 5.55. The number of ether oxygens (including phenoxy) is 1. The summed E-state index contributed by atoms with van der Waals surface area (Å²) in [5.41, 5.74) is 0. The molecule has 3 rings (SSSR count). The molecule has 2 bridgehead atoms. The lowest BCUT2D eigenvalue weighted by molar-refractivity contribution is 0.0526. The van der Waals surface area contributed by atoms with Crippen LogP contribution >= 0.6 is 0 Å². The van der Waals surface area contributed by atoms with Gasteiger partial charge in [0, 0.05) is 19.2 Å². The van der Waals surface area contributed by atoms with Gasteiger partial charge in [-0.2, -0.15) is 0 Å². The largest absolute Gasteiger partial charge is 0.381 e. The van der Waals surface area contributed by atoms with E-state index in [4.69, 9.17) is 4.74 Å². The van der Waals surface area contributed by atoms with Gasteiger partial charge in [0.2, 0.25) is 0 Å². The molecular weight excluding hydrogens is 210 g/mol. The lowest BCUT2D eigenvalue weighted by atomic mass is 9.84. The monoisotopic (exact) mass is 237 g/mol. The van der Waals surface area contributed by atoms with Gasteiger partial charge >= 0.3 is 0 Å². The highest BCUT2D eigenvalue weighted by atomic mass is 16.5. The lowest BCUT2D eigenvalue weighted by Gasteiger charge is -2.31. The maximum absolute atomic E-state index is 5.55. The van der Waals surface area contributed by atoms with Gasteiger partial charge in [-0.1, -0.05) is 6.42 Å². The Morgan fingerprint density at radius 1 is 1.24 bits per heavy atom. The minimum absolute atomic E-state index is 0.729. The number of fused-ring (bicyclic) bond motifs is 2. The highest BCUT2D eigenvalue weighted by molar-refractivity contribution is 4.94. The molecule has 2 aliphatic carbocycles. The van der Waals surface area contributed by atoms with Crippen molar-refractivity contribution in [2.24, 2.45) is 23.7 Å². The van der Waals surface area contributed by atoms with Crippen molar-refractivity contribution in [2.75, 3.05) is 19.8 Å². The normalized spacial score (nSPS) is 42.9. The summed E-state index contributed by atoms with van der Waals surface area (Å²) in [4.78, 5) is 0. The molecule has 1 aliphatic heterocycles. The standard InChI is InChI=1S/C15H27NO/c1-11(15-8-12-4-5-14(15)7-12)16-9-13-3-2-6-17-10-13/h11-16H,2-10H2,1H3. The van der Waals surface area contributed by atoms with Gasteiger partial charge < -0.3 is 10.1 Å². The second-order valence-electron chi connectivity index (χ2n) is 6.62. The lowest BCUT2D eigenvalue weighted by Crippen LogP contribution is -2.40. The summed E-state index contributed by atoms with van der Waals surface area (Å²) in [5, 5.41) is 3.80. The Hall–Kier alpha value is -0.0800. The zero-order valence-corrected chi connectivity index (χ0v) is 11.2. The van der Waals surface area contributed by atoms with Gasteiger partial charge in [0.25, 0.3) is 0 Å². The smallest absolute Gasteiger partial charge is 0.0506 e. The van der Waals surface area contributed by atoms with Crippen LogP contribution in [0.1, 0.15) is 45.4 Å². The first-order valence-corrected chi connectivity index (χ1v) is 7.64. The van der Waals surface area contributed by atoms with Crippen molar-refractivity contribution in [3.05, 3.63) is 0 Å². The molecule has 1 saturated heterocycles. The average molecular weight is 237 g/mol. The number of hydrogen-bond donors (Lipinski definition) is 1. The molecule has 1 heterocycles. The van der Waals surface area contributed by atoms with Crippen molar-refractivity contribution < 1.29 is 4.74 Å². The van der Waals surface area contributed by atoms with Crippen molar-refractivity contribution in [2.45, 2.75) is 51.5 Å². The van der Waals surface area contributed by atoms with E-state index in [2.05, 4.69) is 12.2 Å². The Morgan fingerprint density at radius 3 is 2.82 bits per heavy atom. The first kappa shape index (κ1) is 12.0. The topological polar surface area (TPSA) is 21.3 Å². The molecule has 1 N–H and O–H groups in total. The van der Waals surface area contributed by atoms with Crippen LogP contribution in [-0.2, 0) is 4.74 Å². The Morgan fingerprint density at radius 2 is 2.18 bits per heavy atom. The number of hydrogen-bond acceptors (Lipinski definition) is 2. The minimum atomic E-state index is 0.729. The van der Waals surface area contributed by atoms with Crippen LogP contribution in [-0.4, -0.2) is 25.8 Å². The fraction of sp³-hybridized carbons (Fsp3) is 1.00. The molecule has 5 atom stereocenters. The van der Waals surface area contributed by atoms with E-state index in [9.17, 15) is 0 Å². The quantitative estimate of drug-likeness (QED) is 0.812. The van der Waals surface area contributed by atoms with Crippen LogP contribution in [0.5, 0.6) is 0 Å². The molecule has 0 aromatic rings. The third kappa shape index (κ3) is 2.68. The highest BCUT2D eigenvalue weighted by Crippen LogP contribution is 2.49.